The quantitative estimate of drug-likeness (QED) is 0.840. The molecule has 2 rings (SSSR count). The number of hydrogen-bond acceptors (Lipinski definition) is 3. The number of aryl methyl sites for hydroxylation is 2. The van der Waals surface area contributed by atoms with Gasteiger partial charge in [-0.1, -0.05) is 18.2 Å². The van der Waals surface area contributed by atoms with Crippen LogP contribution >= 0.6 is 0 Å². The maximum atomic E-state index is 12.2. The average molecular weight is 271 g/mol. The first-order valence-corrected chi connectivity index (χ1v) is 6.93. The number of rotatable bonds is 5. The van der Waals surface area contributed by atoms with Crippen LogP contribution in [0, 0.1) is 13.8 Å². The minimum absolute atomic E-state index is 0.170. The molecule has 0 saturated carbocycles. The first-order valence-electron chi connectivity index (χ1n) is 6.93. The Bertz CT molecular complexity index is 614. The van der Waals surface area contributed by atoms with Crippen molar-refractivity contribution in [1.29, 1.82) is 0 Å². The zero-order chi connectivity index (χ0) is 14.7. The van der Waals surface area contributed by atoms with Gasteiger partial charge in [-0.05, 0) is 44.4 Å². The number of carbonyl (C=O) groups excluding carboxylic acids is 1. The van der Waals surface area contributed by atoms with Gasteiger partial charge in [-0.2, -0.15) is 5.10 Å². The van der Waals surface area contributed by atoms with Gasteiger partial charge in [-0.15, -0.1) is 0 Å². The van der Waals surface area contributed by atoms with Gasteiger partial charge in [0.2, 0.25) is 0 Å². The summed E-state index contributed by atoms with van der Waals surface area (Å²) in [6.07, 6.45) is 2.30. The first-order chi connectivity index (χ1) is 9.47. The van der Waals surface area contributed by atoms with Gasteiger partial charge in [0.05, 0.1) is 6.42 Å². The van der Waals surface area contributed by atoms with E-state index in [1.54, 1.807) is 4.68 Å². The Labute approximate surface area is 119 Å². The molecule has 2 aromatic rings. The predicted octanol–water partition coefficient (Wildman–Crippen LogP) is 2.83. The zero-order valence-corrected chi connectivity index (χ0v) is 12.6. The highest BCUT2D eigenvalue weighted by Gasteiger charge is 2.12. The highest BCUT2D eigenvalue weighted by Crippen LogP contribution is 2.12. The molecule has 0 N–H and O–H groups in total. The fourth-order valence-corrected chi connectivity index (χ4v) is 2.21. The fourth-order valence-electron chi connectivity index (χ4n) is 2.21. The second-order valence-electron chi connectivity index (χ2n) is 5.53. The summed E-state index contributed by atoms with van der Waals surface area (Å²) in [5.41, 5.74) is 3.54. The van der Waals surface area contributed by atoms with Crippen LogP contribution in [0.1, 0.15) is 42.4 Å². The largest absolute Gasteiger partial charge is 0.299 e. The van der Waals surface area contributed by atoms with Crippen LogP contribution in [0.25, 0.3) is 0 Å². The number of aromatic nitrogens is 3. The van der Waals surface area contributed by atoms with Crippen LogP contribution in [0.15, 0.2) is 24.5 Å². The molecule has 1 aromatic heterocycles. The summed E-state index contributed by atoms with van der Waals surface area (Å²) in [6, 6.07) is 6.39. The molecule has 0 fully saturated rings. The molecule has 4 nitrogen and oxygen atoms in total. The van der Waals surface area contributed by atoms with Crippen molar-refractivity contribution in [2.24, 2.45) is 0 Å². The van der Waals surface area contributed by atoms with Gasteiger partial charge in [0.1, 0.15) is 17.9 Å². The first kappa shape index (κ1) is 14.4. The van der Waals surface area contributed by atoms with Gasteiger partial charge >= 0.3 is 0 Å². The van der Waals surface area contributed by atoms with Gasteiger partial charge in [0.15, 0.2) is 0 Å². The van der Waals surface area contributed by atoms with E-state index in [1.165, 1.54) is 17.5 Å². The Morgan fingerprint density at radius 2 is 1.95 bits per heavy atom. The molecule has 4 heteroatoms. The maximum Gasteiger partial charge on any atom is 0.144 e. The number of Topliss-reactive ketones (excluding diaryl/α,β-unsaturated/α-hetero) is 1. The van der Waals surface area contributed by atoms with E-state index in [2.05, 4.69) is 36.1 Å². The molecule has 0 unspecified atom stereocenters. The van der Waals surface area contributed by atoms with Gasteiger partial charge in [0.25, 0.3) is 0 Å². The molecule has 0 amide bonds. The van der Waals surface area contributed by atoms with Crippen LogP contribution < -0.4 is 0 Å². The molecule has 0 radical (unpaired) electrons. The minimum atomic E-state index is 0.170. The summed E-state index contributed by atoms with van der Waals surface area (Å²) in [5.74, 6) is 0.914. The number of nitrogens with zero attached hydrogens (tertiary/aromatic N) is 3. The molecule has 1 aromatic carbocycles. The third-order valence-corrected chi connectivity index (χ3v) is 3.46. The van der Waals surface area contributed by atoms with E-state index < -0.39 is 0 Å². The summed E-state index contributed by atoms with van der Waals surface area (Å²) in [4.78, 5) is 16.4. The van der Waals surface area contributed by atoms with E-state index in [1.807, 2.05) is 19.9 Å². The maximum absolute atomic E-state index is 12.2. The molecule has 0 aliphatic heterocycles. The molecule has 0 bridgehead atoms. The number of ketones is 1. The van der Waals surface area contributed by atoms with Gasteiger partial charge < -0.3 is 0 Å². The molecule has 0 spiro atoms. The zero-order valence-electron chi connectivity index (χ0n) is 12.6. The Morgan fingerprint density at radius 3 is 2.60 bits per heavy atom. The second kappa shape index (κ2) is 5.99. The molecule has 0 atom stereocenters. The second-order valence-corrected chi connectivity index (χ2v) is 5.53. The molecule has 0 aliphatic rings. The van der Waals surface area contributed by atoms with Gasteiger partial charge in [-0.25, -0.2) is 9.67 Å². The monoisotopic (exact) mass is 271 g/mol. The predicted molar refractivity (Wildman–Crippen MR) is 78.7 cm³/mol. The van der Waals surface area contributed by atoms with Crippen molar-refractivity contribution in [3.8, 4) is 0 Å². The standard InChI is InChI=1S/C16H21N3O/c1-11(2)19-16(17-10-18-19)9-15(20)8-14-6-5-12(3)13(4)7-14/h5-7,10-11H,8-9H2,1-4H3. The highest BCUT2D eigenvalue weighted by atomic mass is 16.1. The smallest absolute Gasteiger partial charge is 0.144 e. The molecule has 1 heterocycles. The van der Waals surface area contributed by atoms with Crippen LogP contribution in [0.3, 0.4) is 0 Å². The molecule has 0 aliphatic carbocycles. The molecule has 0 saturated heterocycles. The summed E-state index contributed by atoms with van der Waals surface area (Å²) >= 11 is 0. The Balaban J connectivity index is 2.05. The topological polar surface area (TPSA) is 47.8 Å². The van der Waals surface area contributed by atoms with Gasteiger partial charge in [0, 0.05) is 12.5 Å². The Morgan fingerprint density at radius 1 is 1.20 bits per heavy atom. The van der Waals surface area contributed by atoms with Crippen molar-refractivity contribution in [3.63, 3.8) is 0 Å². The van der Waals surface area contributed by atoms with Crippen molar-refractivity contribution in [3.05, 3.63) is 47.0 Å². The lowest BCUT2D eigenvalue weighted by atomic mass is 10.0. The fraction of sp³-hybridized carbons (Fsp3) is 0.438. The van der Waals surface area contributed by atoms with Crippen LogP contribution in [0.4, 0.5) is 0 Å². The Hall–Kier alpha value is -1.97. The number of benzene rings is 1. The van der Waals surface area contributed by atoms with Crippen LogP contribution in [-0.4, -0.2) is 20.5 Å². The summed E-state index contributed by atoms with van der Waals surface area (Å²) < 4.78 is 1.80. The van der Waals surface area contributed by atoms with E-state index in [0.29, 0.717) is 12.8 Å². The van der Waals surface area contributed by atoms with Crippen molar-refractivity contribution < 1.29 is 4.79 Å². The van der Waals surface area contributed by atoms with E-state index in [9.17, 15) is 4.79 Å². The molecular formula is C16H21N3O. The van der Waals surface area contributed by atoms with Crippen molar-refractivity contribution in [2.75, 3.05) is 0 Å². The SMILES string of the molecule is Cc1ccc(CC(=O)Cc2ncnn2C(C)C)cc1C. The normalized spacial score (nSPS) is 11.1. The molecular weight excluding hydrogens is 250 g/mol. The van der Waals surface area contributed by atoms with Gasteiger partial charge in [-0.3, -0.25) is 4.79 Å². The van der Waals surface area contributed by atoms with Crippen LogP contribution in [0.2, 0.25) is 0 Å². The summed E-state index contributed by atoms with van der Waals surface area (Å²) in [6.45, 7) is 8.21. The lowest BCUT2D eigenvalue weighted by Crippen LogP contribution is -2.14. The van der Waals surface area contributed by atoms with Crippen molar-refractivity contribution in [1.82, 2.24) is 14.8 Å². The van der Waals surface area contributed by atoms with E-state index >= 15 is 0 Å². The highest BCUT2D eigenvalue weighted by molar-refractivity contribution is 5.82. The lowest BCUT2D eigenvalue weighted by molar-refractivity contribution is -0.117. The molecule has 20 heavy (non-hydrogen) atoms. The van der Waals surface area contributed by atoms with Crippen LogP contribution in [-0.2, 0) is 17.6 Å². The summed E-state index contributed by atoms with van der Waals surface area (Å²) in [5, 5.41) is 4.15. The minimum Gasteiger partial charge on any atom is -0.299 e. The van der Waals surface area contributed by atoms with Crippen LogP contribution in [0.5, 0.6) is 0 Å². The lowest BCUT2D eigenvalue weighted by Gasteiger charge is -2.09. The third kappa shape index (κ3) is 3.32. The third-order valence-electron chi connectivity index (χ3n) is 3.46. The Kier molecular flexibility index (Phi) is 4.32. The number of carbonyl (C=O) groups is 1. The molecule has 106 valence electrons. The van der Waals surface area contributed by atoms with E-state index in [4.69, 9.17) is 0 Å². The summed E-state index contributed by atoms with van der Waals surface area (Å²) in [7, 11) is 0. The number of hydrogen-bond donors (Lipinski definition) is 0. The van der Waals surface area contributed by atoms with Crippen molar-refractivity contribution >= 4 is 5.78 Å². The van der Waals surface area contributed by atoms with E-state index in [-0.39, 0.29) is 11.8 Å². The van der Waals surface area contributed by atoms with Crippen molar-refractivity contribution in [2.45, 2.75) is 46.6 Å². The van der Waals surface area contributed by atoms with E-state index in [0.717, 1.165) is 11.4 Å². The average Bonchev–Trinajstić information content (AvgIpc) is 2.82.